The molecule has 0 amide bonds. The van der Waals surface area contributed by atoms with E-state index in [-0.39, 0.29) is 76.3 Å². The summed E-state index contributed by atoms with van der Waals surface area (Å²) >= 11 is 0. The summed E-state index contributed by atoms with van der Waals surface area (Å²) in [6.45, 7) is 32.0. The SMILES string of the molecule is CC[Si](CC)(CC)O[C@H]1[C@H]2O[C@@H]([C@H](OC(C)=O)C(C)(C)O[Si](CC)(CC)CC)C[C@@H](C)[C@@H]2[C@@]2(C)CC[C@@]34C[C@@]35CCC(OC(=O)CCC(=O)O)C(C)(C)[C@H]5CC[C@H]4[C@]12C. The van der Waals surface area contributed by atoms with Crippen molar-refractivity contribution in [2.24, 2.45) is 50.7 Å². The van der Waals surface area contributed by atoms with Crippen molar-refractivity contribution >= 4 is 34.5 Å². The lowest BCUT2D eigenvalue weighted by Crippen LogP contribution is -2.61. The Balaban J connectivity index is 1.38. The predicted octanol–water partition coefficient (Wildman–Crippen LogP) is 11.3. The molecule has 6 rings (SSSR count). The third kappa shape index (κ3) is 7.28. The zero-order valence-corrected chi connectivity index (χ0v) is 41.7. The van der Waals surface area contributed by atoms with Crippen LogP contribution >= 0.6 is 0 Å². The molecule has 5 saturated carbocycles. The molecule has 9 nitrogen and oxygen atoms in total. The lowest BCUT2D eigenvalue weighted by Gasteiger charge is -2.64. The summed E-state index contributed by atoms with van der Waals surface area (Å²) in [6.07, 6.45) is 7.12. The fraction of sp³-hybridized carbons (Fsp3) is 0.938. The molecule has 0 aromatic heterocycles. The van der Waals surface area contributed by atoms with Crippen LogP contribution in [0.3, 0.4) is 0 Å². The average molecular weight is 861 g/mol. The zero-order valence-electron chi connectivity index (χ0n) is 39.7. The van der Waals surface area contributed by atoms with Crippen molar-refractivity contribution in [2.45, 2.75) is 234 Å². The van der Waals surface area contributed by atoms with E-state index in [0.717, 1.165) is 74.8 Å². The van der Waals surface area contributed by atoms with E-state index in [2.05, 4.69) is 90.0 Å². The first-order valence-electron chi connectivity index (χ1n) is 24.1. The minimum atomic E-state index is -2.13. The summed E-state index contributed by atoms with van der Waals surface area (Å²) in [5, 5.41) is 9.20. The van der Waals surface area contributed by atoms with Crippen molar-refractivity contribution in [2.75, 3.05) is 0 Å². The summed E-state index contributed by atoms with van der Waals surface area (Å²) in [6, 6.07) is 6.31. The number of carboxylic acid groups (broad SMARTS) is 1. The van der Waals surface area contributed by atoms with E-state index in [4.69, 9.17) is 23.1 Å². The maximum Gasteiger partial charge on any atom is 0.306 e. The van der Waals surface area contributed by atoms with Gasteiger partial charge < -0.3 is 28.2 Å². The molecule has 1 saturated heterocycles. The Morgan fingerprint density at radius 1 is 0.814 bits per heavy atom. The van der Waals surface area contributed by atoms with Crippen molar-refractivity contribution < 1.29 is 42.6 Å². The second kappa shape index (κ2) is 16.4. The molecule has 1 heterocycles. The second-order valence-corrected chi connectivity index (χ2v) is 31.7. The quantitative estimate of drug-likeness (QED) is 0.113. The van der Waals surface area contributed by atoms with E-state index < -0.39 is 34.3 Å². The summed E-state index contributed by atoms with van der Waals surface area (Å²) in [7, 11) is -4.20. The van der Waals surface area contributed by atoms with Crippen LogP contribution in [0.4, 0.5) is 0 Å². The molecule has 6 fully saturated rings. The first kappa shape index (κ1) is 47.2. The van der Waals surface area contributed by atoms with Gasteiger partial charge in [0.1, 0.15) is 6.10 Å². The summed E-state index contributed by atoms with van der Waals surface area (Å²) in [5.74, 6) is -0.0237. The van der Waals surface area contributed by atoms with Crippen LogP contribution in [0.5, 0.6) is 0 Å². The Kier molecular flexibility index (Phi) is 13.1. The Labute approximate surface area is 360 Å². The monoisotopic (exact) mass is 861 g/mol. The molecule has 0 aromatic rings. The highest BCUT2D eigenvalue weighted by atomic mass is 28.4. The lowest BCUT2D eigenvalue weighted by atomic mass is 9.41. The second-order valence-electron chi connectivity index (χ2n) is 22.2. The van der Waals surface area contributed by atoms with Crippen LogP contribution in [0, 0.1) is 50.7 Å². The van der Waals surface area contributed by atoms with E-state index in [1.54, 1.807) is 0 Å². The van der Waals surface area contributed by atoms with E-state index >= 15 is 0 Å². The number of esters is 2. The van der Waals surface area contributed by atoms with Crippen LogP contribution in [0.25, 0.3) is 0 Å². The molecule has 0 radical (unpaired) electrons. The smallest absolute Gasteiger partial charge is 0.306 e. The van der Waals surface area contributed by atoms with Gasteiger partial charge in [-0.1, -0.05) is 76.2 Å². The van der Waals surface area contributed by atoms with Crippen molar-refractivity contribution in [1.29, 1.82) is 0 Å². The molecule has 5 aliphatic carbocycles. The van der Waals surface area contributed by atoms with Crippen molar-refractivity contribution in [3.8, 4) is 0 Å². The van der Waals surface area contributed by atoms with E-state index in [1.807, 2.05) is 0 Å². The molecule has 1 unspecified atom stereocenters. The van der Waals surface area contributed by atoms with Gasteiger partial charge in [-0.05, 0) is 141 Å². The molecule has 6 aliphatic rings. The third-order valence-electron chi connectivity index (χ3n) is 19.6. The van der Waals surface area contributed by atoms with Crippen molar-refractivity contribution in [3.63, 3.8) is 0 Å². The van der Waals surface area contributed by atoms with Crippen LogP contribution in [-0.4, -0.2) is 75.8 Å². The van der Waals surface area contributed by atoms with E-state index in [0.29, 0.717) is 23.7 Å². The van der Waals surface area contributed by atoms with Crippen LogP contribution in [0.15, 0.2) is 0 Å². The van der Waals surface area contributed by atoms with Crippen molar-refractivity contribution in [1.82, 2.24) is 0 Å². The predicted molar refractivity (Wildman–Crippen MR) is 237 cm³/mol. The number of carboxylic acids is 1. The Morgan fingerprint density at radius 3 is 1.95 bits per heavy atom. The number of aliphatic carboxylic acids is 1. The van der Waals surface area contributed by atoms with Crippen LogP contribution in [-0.2, 0) is 37.4 Å². The Morgan fingerprint density at radius 2 is 1.39 bits per heavy atom. The summed E-state index contributed by atoms with van der Waals surface area (Å²) in [4.78, 5) is 37.1. The minimum Gasteiger partial charge on any atom is -0.481 e. The fourth-order valence-electron chi connectivity index (χ4n) is 16.0. The van der Waals surface area contributed by atoms with Gasteiger partial charge in [0.2, 0.25) is 0 Å². The number of ether oxygens (including phenoxy) is 3. The first-order chi connectivity index (χ1) is 27.5. The average Bonchev–Trinajstić information content (AvgIpc) is 3.81. The Bertz CT molecular complexity index is 1560. The highest BCUT2D eigenvalue weighted by molar-refractivity contribution is 6.74. The largest absolute Gasteiger partial charge is 0.481 e. The van der Waals surface area contributed by atoms with Gasteiger partial charge in [-0.2, -0.15) is 0 Å². The number of carbonyl (C=O) groups is 3. The molecule has 1 aliphatic heterocycles. The molecule has 11 heteroatoms. The van der Waals surface area contributed by atoms with Crippen molar-refractivity contribution in [3.05, 3.63) is 0 Å². The fourth-order valence-corrected chi connectivity index (χ4v) is 22.1. The lowest BCUT2D eigenvalue weighted by molar-refractivity contribution is -0.212. The molecule has 338 valence electrons. The van der Waals surface area contributed by atoms with Gasteiger partial charge >= 0.3 is 17.9 Å². The Hall–Kier alpha value is -1.28. The van der Waals surface area contributed by atoms with Gasteiger partial charge in [0.05, 0.1) is 36.8 Å². The molecule has 1 N–H and O–H groups in total. The van der Waals surface area contributed by atoms with Gasteiger partial charge in [-0.3, -0.25) is 14.4 Å². The highest BCUT2D eigenvalue weighted by Gasteiger charge is 2.85. The number of carbonyl (C=O) groups excluding carboxylic acids is 2. The molecule has 0 bridgehead atoms. The van der Waals surface area contributed by atoms with E-state index in [9.17, 15) is 19.5 Å². The van der Waals surface area contributed by atoms with Crippen LogP contribution < -0.4 is 0 Å². The molecular formula is C48H84O9Si2. The highest BCUT2D eigenvalue weighted by Crippen LogP contribution is 2.89. The summed E-state index contributed by atoms with van der Waals surface area (Å²) in [5.41, 5.74) is -0.569. The zero-order chi connectivity index (χ0) is 43.8. The van der Waals surface area contributed by atoms with Gasteiger partial charge in [0.15, 0.2) is 22.7 Å². The molecular weight excluding hydrogens is 777 g/mol. The maximum absolute atomic E-state index is 13.0. The maximum atomic E-state index is 13.0. The topological polar surface area (TPSA) is 118 Å². The van der Waals surface area contributed by atoms with Gasteiger partial charge in [-0.15, -0.1) is 0 Å². The van der Waals surface area contributed by atoms with Crippen LogP contribution in [0.2, 0.25) is 36.3 Å². The molecule has 2 spiro atoms. The number of hydrogen-bond donors (Lipinski definition) is 1. The third-order valence-corrected chi connectivity index (χ3v) is 29.0. The number of hydrogen-bond acceptors (Lipinski definition) is 8. The summed E-state index contributed by atoms with van der Waals surface area (Å²) < 4.78 is 35.5. The van der Waals surface area contributed by atoms with Gasteiger partial charge in [0, 0.05) is 17.8 Å². The van der Waals surface area contributed by atoms with Gasteiger partial charge in [-0.25, -0.2) is 0 Å². The van der Waals surface area contributed by atoms with E-state index in [1.165, 1.54) is 19.8 Å². The van der Waals surface area contributed by atoms with Gasteiger partial charge in [0.25, 0.3) is 0 Å². The minimum absolute atomic E-state index is 0.0126. The normalized spacial score (nSPS) is 40.4. The molecule has 13 atom stereocenters. The molecule has 59 heavy (non-hydrogen) atoms. The number of fused-ring (bicyclic) bond motifs is 4. The number of rotatable bonds is 17. The first-order valence-corrected chi connectivity index (χ1v) is 29.2. The standard InChI is InChI=1S/C48H84O9Si2/c1-15-58(16-2,17-3)56-42-40-39(31(7)29-33(54-40)41(53-32(8)49)44(11,12)57-59(18-4,19-5)20-6)45(13)27-28-48-30-47(48)26-25-36(55-38(52)24-23-37(50)51)43(9,10)34(47)21-22-35(48)46(42,45)14/h31,33-36,39-42H,15-30H2,1-14H3,(H,50,51)/t31-,33-,34-,35+,36?,39+,40+,41+,42+,45-,46-,47-,48+/m1/s1. The molecule has 0 aromatic carbocycles. The van der Waals surface area contributed by atoms with Crippen LogP contribution in [0.1, 0.15) is 161 Å².